The number of aliphatic imine (C=N–C) groups is 1. The summed E-state index contributed by atoms with van der Waals surface area (Å²) in [5.74, 6) is 1.67. The fourth-order valence-corrected chi connectivity index (χ4v) is 3.26. The van der Waals surface area contributed by atoms with Crippen molar-refractivity contribution in [2.45, 2.75) is 37.8 Å². The maximum Gasteiger partial charge on any atom is 0.193 e. The minimum atomic E-state index is -0.587. The number of rotatable bonds is 4. The first-order chi connectivity index (χ1) is 11.1. The van der Waals surface area contributed by atoms with Gasteiger partial charge in [-0.2, -0.15) is 0 Å². The highest BCUT2D eigenvalue weighted by atomic mass is 127. The molecule has 2 N–H and O–H groups in total. The summed E-state index contributed by atoms with van der Waals surface area (Å²) in [6.45, 7) is 1.18. The molecule has 0 bridgehead atoms. The number of guanidine groups is 1. The van der Waals surface area contributed by atoms with Gasteiger partial charge >= 0.3 is 0 Å². The van der Waals surface area contributed by atoms with Gasteiger partial charge in [0.1, 0.15) is 11.3 Å². The van der Waals surface area contributed by atoms with Gasteiger partial charge in [-0.3, -0.25) is 4.99 Å². The Hall–Kier alpha value is -1.28. The summed E-state index contributed by atoms with van der Waals surface area (Å²) in [7, 11) is 3.73. The van der Waals surface area contributed by atoms with E-state index in [0.29, 0.717) is 13.1 Å². The molecule has 5 nitrogen and oxygen atoms in total. The molecule has 1 fully saturated rings. The molecule has 1 aliphatic rings. The fourth-order valence-electron chi connectivity index (χ4n) is 3.26. The first-order valence-electron chi connectivity index (χ1n) is 8.21. The van der Waals surface area contributed by atoms with E-state index in [9.17, 15) is 5.11 Å². The van der Waals surface area contributed by atoms with Crippen LogP contribution >= 0.6 is 24.0 Å². The molecule has 0 spiro atoms. The predicted molar refractivity (Wildman–Crippen MR) is 108 cm³/mol. The second kappa shape index (κ2) is 8.20. The Balaban J connectivity index is 0.00000208. The lowest BCUT2D eigenvalue weighted by Crippen LogP contribution is -2.46. The number of nitrogens with one attached hydrogen (secondary N) is 1. The molecular formula is C18H26IN3O2. The lowest BCUT2D eigenvalue weighted by atomic mass is 10.0. The molecule has 1 saturated carbocycles. The monoisotopic (exact) mass is 443 g/mol. The van der Waals surface area contributed by atoms with Crippen LogP contribution < -0.4 is 5.32 Å². The average molecular weight is 443 g/mol. The van der Waals surface area contributed by atoms with Crippen LogP contribution in [0.25, 0.3) is 11.0 Å². The van der Waals surface area contributed by atoms with E-state index in [-0.39, 0.29) is 24.0 Å². The van der Waals surface area contributed by atoms with E-state index < -0.39 is 5.60 Å². The molecule has 0 unspecified atom stereocenters. The third-order valence-electron chi connectivity index (χ3n) is 4.55. The van der Waals surface area contributed by atoms with Crippen molar-refractivity contribution in [2.75, 3.05) is 20.6 Å². The molecule has 1 aliphatic carbocycles. The Morgan fingerprint density at radius 3 is 2.71 bits per heavy atom. The van der Waals surface area contributed by atoms with E-state index in [4.69, 9.17) is 4.42 Å². The highest BCUT2D eigenvalue weighted by Gasteiger charge is 2.31. The number of benzene rings is 1. The number of hydrogen-bond donors (Lipinski definition) is 2. The lowest BCUT2D eigenvalue weighted by Gasteiger charge is -2.27. The van der Waals surface area contributed by atoms with Crippen molar-refractivity contribution >= 4 is 40.9 Å². The Morgan fingerprint density at radius 2 is 2.04 bits per heavy atom. The van der Waals surface area contributed by atoms with E-state index >= 15 is 0 Å². The summed E-state index contributed by atoms with van der Waals surface area (Å²) < 4.78 is 5.86. The van der Waals surface area contributed by atoms with E-state index in [1.807, 2.05) is 36.2 Å². The van der Waals surface area contributed by atoms with Crippen molar-refractivity contribution < 1.29 is 9.52 Å². The number of nitrogens with zero attached hydrogens (tertiary/aromatic N) is 2. The van der Waals surface area contributed by atoms with Gasteiger partial charge < -0.3 is 19.7 Å². The molecular weight excluding hydrogens is 417 g/mol. The zero-order valence-corrected chi connectivity index (χ0v) is 16.6. The van der Waals surface area contributed by atoms with E-state index in [0.717, 1.165) is 48.4 Å². The van der Waals surface area contributed by atoms with E-state index in [1.165, 1.54) is 0 Å². The van der Waals surface area contributed by atoms with Crippen LogP contribution in [0.3, 0.4) is 0 Å². The molecule has 0 radical (unpaired) electrons. The van der Waals surface area contributed by atoms with Crippen LogP contribution in [-0.2, 0) is 6.54 Å². The average Bonchev–Trinajstić information content (AvgIpc) is 3.13. The van der Waals surface area contributed by atoms with Crippen LogP contribution in [0.15, 0.2) is 39.7 Å². The maximum atomic E-state index is 10.4. The van der Waals surface area contributed by atoms with Crippen LogP contribution in [0, 0.1) is 0 Å². The summed E-state index contributed by atoms with van der Waals surface area (Å²) in [5.41, 5.74) is 0.315. The zero-order valence-electron chi connectivity index (χ0n) is 14.3. The molecule has 1 aromatic carbocycles. The SMILES string of the molecule is CN=C(NCC1(O)CCCC1)N(C)Cc1cc2ccccc2o1.I. The number of halogens is 1. The van der Waals surface area contributed by atoms with Crippen LogP contribution in [0.1, 0.15) is 31.4 Å². The molecule has 1 heterocycles. The van der Waals surface area contributed by atoms with Gasteiger partial charge in [-0.15, -0.1) is 24.0 Å². The van der Waals surface area contributed by atoms with Gasteiger partial charge in [0.25, 0.3) is 0 Å². The topological polar surface area (TPSA) is 61.0 Å². The Kier molecular flexibility index (Phi) is 6.51. The third-order valence-corrected chi connectivity index (χ3v) is 4.55. The van der Waals surface area contributed by atoms with Gasteiger partial charge in [0.2, 0.25) is 0 Å². The molecule has 24 heavy (non-hydrogen) atoms. The normalized spacial score (nSPS) is 16.9. The van der Waals surface area contributed by atoms with Gasteiger partial charge in [0, 0.05) is 26.0 Å². The summed E-state index contributed by atoms with van der Waals surface area (Å²) in [5, 5.41) is 14.8. The predicted octanol–water partition coefficient (Wildman–Crippen LogP) is 3.36. The number of hydrogen-bond acceptors (Lipinski definition) is 3. The number of fused-ring (bicyclic) bond motifs is 1. The first-order valence-corrected chi connectivity index (χ1v) is 8.21. The van der Waals surface area contributed by atoms with Gasteiger partial charge in [0.15, 0.2) is 5.96 Å². The Bertz CT molecular complexity index is 659. The van der Waals surface area contributed by atoms with Crippen molar-refractivity contribution in [3.05, 3.63) is 36.1 Å². The van der Waals surface area contributed by atoms with Crippen molar-refractivity contribution in [2.24, 2.45) is 4.99 Å². The number of furan rings is 1. The van der Waals surface area contributed by atoms with Crippen molar-refractivity contribution in [3.8, 4) is 0 Å². The Morgan fingerprint density at radius 1 is 1.33 bits per heavy atom. The molecule has 0 aliphatic heterocycles. The lowest BCUT2D eigenvalue weighted by molar-refractivity contribution is 0.0516. The van der Waals surface area contributed by atoms with Crippen molar-refractivity contribution in [1.82, 2.24) is 10.2 Å². The summed E-state index contributed by atoms with van der Waals surface area (Å²) >= 11 is 0. The van der Waals surface area contributed by atoms with Crippen LogP contribution in [0.4, 0.5) is 0 Å². The van der Waals surface area contributed by atoms with E-state index in [1.54, 1.807) is 7.05 Å². The third kappa shape index (κ3) is 4.42. The van der Waals surface area contributed by atoms with Gasteiger partial charge in [0.05, 0.1) is 12.1 Å². The quantitative estimate of drug-likeness (QED) is 0.432. The minimum Gasteiger partial charge on any atom is -0.459 e. The Labute approximate surface area is 160 Å². The smallest absolute Gasteiger partial charge is 0.193 e. The zero-order chi connectivity index (χ0) is 16.3. The van der Waals surface area contributed by atoms with Crippen molar-refractivity contribution in [3.63, 3.8) is 0 Å². The molecule has 0 saturated heterocycles. The summed E-state index contributed by atoms with van der Waals surface area (Å²) in [4.78, 5) is 6.32. The minimum absolute atomic E-state index is 0. The summed E-state index contributed by atoms with van der Waals surface area (Å²) in [6, 6.07) is 10.1. The highest BCUT2D eigenvalue weighted by molar-refractivity contribution is 14.0. The van der Waals surface area contributed by atoms with Gasteiger partial charge in [-0.1, -0.05) is 31.0 Å². The number of aliphatic hydroxyl groups is 1. The molecule has 132 valence electrons. The maximum absolute atomic E-state index is 10.4. The molecule has 3 rings (SSSR count). The van der Waals surface area contributed by atoms with Gasteiger partial charge in [-0.25, -0.2) is 0 Å². The van der Waals surface area contributed by atoms with Crippen molar-refractivity contribution in [1.29, 1.82) is 0 Å². The largest absolute Gasteiger partial charge is 0.459 e. The molecule has 0 atom stereocenters. The summed E-state index contributed by atoms with van der Waals surface area (Å²) in [6.07, 6.45) is 3.94. The van der Waals surface area contributed by atoms with Crippen LogP contribution in [0.5, 0.6) is 0 Å². The van der Waals surface area contributed by atoms with Crippen LogP contribution in [-0.4, -0.2) is 42.2 Å². The fraction of sp³-hybridized carbons (Fsp3) is 0.500. The first kappa shape index (κ1) is 19.1. The highest BCUT2D eigenvalue weighted by Crippen LogP contribution is 2.28. The van der Waals surface area contributed by atoms with Gasteiger partial charge in [-0.05, 0) is 25.0 Å². The standard InChI is InChI=1S/C18H25N3O2.HI/c1-19-17(20-13-18(22)9-5-6-10-18)21(2)12-15-11-14-7-3-4-8-16(14)23-15;/h3-4,7-8,11,22H,5-6,9-10,12-13H2,1-2H3,(H,19,20);1H. The van der Waals surface area contributed by atoms with Crippen LogP contribution in [0.2, 0.25) is 0 Å². The van der Waals surface area contributed by atoms with E-state index in [2.05, 4.69) is 16.4 Å². The molecule has 1 aromatic heterocycles. The molecule has 6 heteroatoms. The second-order valence-corrected chi connectivity index (χ2v) is 6.44. The second-order valence-electron chi connectivity index (χ2n) is 6.44. The molecule has 2 aromatic rings. The number of para-hydroxylation sites is 1. The molecule has 0 amide bonds.